The van der Waals surface area contributed by atoms with Crippen molar-refractivity contribution in [3.05, 3.63) is 79.1 Å². The standard InChI is InChI=1S/C18H19N5O/c1-14(22-12-18-20-7-8-21-18)3-4-15-5-6-16(17(11-15)24-2)23-10-9-19-13-23/h3-11,13,22H,1,12H2,2H3,(H,20,21)/b4-3+. The minimum atomic E-state index is 0.610. The zero-order valence-corrected chi connectivity index (χ0v) is 13.4. The molecule has 0 aliphatic rings. The third-order valence-electron chi connectivity index (χ3n) is 3.50. The lowest BCUT2D eigenvalue weighted by Gasteiger charge is -2.10. The van der Waals surface area contributed by atoms with E-state index in [0.717, 1.165) is 28.5 Å². The van der Waals surface area contributed by atoms with E-state index >= 15 is 0 Å². The van der Waals surface area contributed by atoms with E-state index in [2.05, 4.69) is 26.8 Å². The third-order valence-corrected chi connectivity index (χ3v) is 3.50. The van der Waals surface area contributed by atoms with Gasteiger partial charge < -0.3 is 19.6 Å². The van der Waals surface area contributed by atoms with Gasteiger partial charge in [0.25, 0.3) is 0 Å². The van der Waals surface area contributed by atoms with E-state index in [9.17, 15) is 0 Å². The monoisotopic (exact) mass is 321 g/mol. The van der Waals surface area contributed by atoms with Crippen LogP contribution in [-0.4, -0.2) is 26.6 Å². The molecular formula is C18H19N5O. The Bertz CT molecular complexity index is 819. The fraction of sp³-hybridized carbons (Fsp3) is 0.111. The van der Waals surface area contributed by atoms with Crippen molar-refractivity contribution >= 4 is 6.08 Å². The lowest BCUT2D eigenvalue weighted by molar-refractivity contribution is 0.413. The van der Waals surface area contributed by atoms with Crippen molar-refractivity contribution in [1.82, 2.24) is 24.8 Å². The molecule has 0 unspecified atom stereocenters. The lowest BCUT2D eigenvalue weighted by Crippen LogP contribution is -2.11. The first-order valence-electron chi connectivity index (χ1n) is 7.52. The number of rotatable bonds is 7. The SMILES string of the molecule is C=C(/C=C/c1ccc(-n2ccnc2)c(OC)c1)NCc1ncc[nH]1. The topological polar surface area (TPSA) is 67.8 Å². The van der Waals surface area contributed by atoms with Crippen LogP contribution in [0.2, 0.25) is 0 Å². The first kappa shape index (κ1) is 15.6. The van der Waals surface area contributed by atoms with Gasteiger partial charge in [-0.05, 0) is 23.8 Å². The molecule has 0 aliphatic heterocycles. The number of nitrogens with one attached hydrogen (secondary N) is 2. The van der Waals surface area contributed by atoms with Crippen LogP contribution < -0.4 is 10.1 Å². The number of allylic oxidation sites excluding steroid dienone is 1. The van der Waals surface area contributed by atoms with Gasteiger partial charge in [-0.2, -0.15) is 0 Å². The van der Waals surface area contributed by atoms with Gasteiger partial charge >= 0.3 is 0 Å². The van der Waals surface area contributed by atoms with Crippen molar-refractivity contribution in [3.8, 4) is 11.4 Å². The van der Waals surface area contributed by atoms with Gasteiger partial charge in [0.2, 0.25) is 0 Å². The molecule has 0 atom stereocenters. The van der Waals surface area contributed by atoms with Gasteiger partial charge in [-0.25, -0.2) is 9.97 Å². The number of hydrogen-bond donors (Lipinski definition) is 2. The molecule has 0 saturated heterocycles. The van der Waals surface area contributed by atoms with Crippen molar-refractivity contribution in [3.63, 3.8) is 0 Å². The summed E-state index contributed by atoms with van der Waals surface area (Å²) in [6.45, 7) is 4.60. The van der Waals surface area contributed by atoms with Crippen LogP contribution in [0.25, 0.3) is 11.8 Å². The Hall–Kier alpha value is -3.28. The van der Waals surface area contributed by atoms with Crippen LogP contribution >= 0.6 is 0 Å². The molecule has 2 aromatic heterocycles. The Morgan fingerprint density at radius 2 is 2.33 bits per heavy atom. The highest BCUT2D eigenvalue weighted by atomic mass is 16.5. The van der Waals surface area contributed by atoms with Crippen molar-refractivity contribution in [1.29, 1.82) is 0 Å². The van der Waals surface area contributed by atoms with E-state index in [1.165, 1.54) is 0 Å². The highest BCUT2D eigenvalue weighted by Crippen LogP contribution is 2.24. The predicted octanol–water partition coefficient (Wildman–Crippen LogP) is 2.92. The Morgan fingerprint density at radius 1 is 1.42 bits per heavy atom. The molecule has 0 fully saturated rings. The summed E-state index contributed by atoms with van der Waals surface area (Å²) in [6.07, 6.45) is 12.8. The van der Waals surface area contributed by atoms with Crippen molar-refractivity contribution in [2.24, 2.45) is 0 Å². The number of methoxy groups -OCH3 is 1. The van der Waals surface area contributed by atoms with Crippen LogP contribution in [0, 0.1) is 0 Å². The number of H-pyrrole nitrogens is 1. The van der Waals surface area contributed by atoms with Crippen LogP contribution in [0.1, 0.15) is 11.4 Å². The lowest BCUT2D eigenvalue weighted by atomic mass is 10.1. The highest BCUT2D eigenvalue weighted by Gasteiger charge is 2.05. The van der Waals surface area contributed by atoms with Gasteiger partial charge in [0.05, 0.1) is 25.7 Å². The van der Waals surface area contributed by atoms with Crippen LogP contribution in [0.3, 0.4) is 0 Å². The fourth-order valence-electron chi connectivity index (χ4n) is 2.26. The van der Waals surface area contributed by atoms with Crippen molar-refractivity contribution < 1.29 is 4.74 Å². The first-order valence-corrected chi connectivity index (χ1v) is 7.52. The molecule has 6 nitrogen and oxygen atoms in total. The van der Waals surface area contributed by atoms with Crippen molar-refractivity contribution in [2.45, 2.75) is 6.54 Å². The quantitative estimate of drug-likeness (QED) is 0.657. The molecule has 0 bridgehead atoms. The highest BCUT2D eigenvalue weighted by molar-refractivity contribution is 5.59. The molecule has 6 heteroatoms. The molecule has 1 aromatic carbocycles. The first-order chi connectivity index (χ1) is 11.8. The molecule has 0 aliphatic carbocycles. The summed E-state index contributed by atoms with van der Waals surface area (Å²) in [5.41, 5.74) is 2.78. The van der Waals surface area contributed by atoms with Gasteiger partial charge in [-0.15, -0.1) is 0 Å². The Labute approximate surface area is 140 Å². The van der Waals surface area contributed by atoms with Gasteiger partial charge in [-0.3, -0.25) is 0 Å². The summed E-state index contributed by atoms with van der Waals surface area (Å²) in [4.78, 5) is 11.3. The molecule has 0 radical (unpaired) electrons. The molecule has 0 saturated carbocycles. The fourth-order valence-corrected chi connectivity index (χ4v) is 2.26. The Kier molecular flexibility index (Phi) is 4.76. The number of aromatic amines is 1. The predicted molar refractivity (Wildman–Crippen MR) is 93.7 cm³/mol. The summed E-state index contributed by atoms with van der Waals surface area (Å²) < 4.78 is 7.39. The van der Waals surface area contributed by atoms with Crippen LogP contribution in [0.15, 0.2) is 67.7 Å². The molecule has 2 heterocycles. The Balaban J connectivity index is 1.67. The number of benzene rings is 1. The van der Waals surface area contributed by atoms with E-state index in [-0.39, 0.29) is 0 Å². The second-order valence-electron chi connectivity index (χ2n) is 5.15. The second-order valence-corrected chi connectivity index (χ2v) is 5.15. The molecule has 2 N–H and O–H groups in total. The van der Waals surface area contributed by atoms with E-state index in [0.29, 0.717) is 6.54 Å². The number of hydrogen-bond acceptors (Lipinski definition) is 4. The maximum atomic E-state index is 5.48. The molecule has 0 spiro atoms. The zero-order valence-electron chi connectivity index (χ0n) is 13.4. The van der Waals surface area contributed by atoms with Gasteiger partial charge in [0, 0.05) is 30.5 Å². The number of aromatic nitrogens is 4. The maximum absolute atomic E-state index is 5.48. The molecule has 24 heavy (non-hydrogen) atoms. The molecule has 122 valence electrons. The summed E-state index contributed by atoms with van der Waals surface area (Å²) in [6, 6.07) is 6.00. The van der Waals surface area contributed by atoms with Gasteiger partial charge in [-0.1, -0.05) is 18.7 Å². The third kappa shape index (κ3) is 3.73. The van der Waals surface area contributed by atoms with Crippen LogP contribution in [-0.2, 0) is 6.54 Å². The van der Waals surface area contributed by atoms with Crippen LogP contribution in [0.4, 0.5) is 0 Å². The number of ether oxygens (including phenoxy) is 1. The van der Waals surface area contributed by atoms with E-state index in [1.54, 1.807) is 32.0 Å². The van der Waals surface area contributed by atoms with E-state index < -0.39 is 0 Å². The molecule has 3 aromatic rings. The maximum Gasteiger partial charge on any atom is 0.143 e. The van der Waals surface area contributed by atoms with Gasteiger partial charge in [0.1, 0.15) is 11.6 Å². The average Bonchev–Trinajstić information content (AvgIpc) is 3.31. The van der Waals surface area contributed by atoms with E-state index in [1.807, 2.05) is 41.1 Å². The van der Waals surface area contributed by atoms with Crippen LogP contribution in [0.5, 0.6) is 5.75 Å². The van der Waals surface area contributed by atoms with Gasteiger partial charge in [0.15, 0.2) is 0 Å². The number of nitrogens with zero attached hydrogens (tertiary/aromatic N) is 3. The largest absolute Gasteiger partial charge is 0.495 e. The number of imidazole rings is 2. The summed E-state index contributed by atoms with van der Waals surface area (Å²) in [5, 5.41) is 3.20. The molecular weight excluding hydrogens is 302 g/mol. The molecule has 3 rings (SSSR count). The summed E-state index contributed by atoms with van der Waals surface area (Å²) in [5.74, 6) is 1.65. The summed E-state index contributed by atoms with van der Waals surface area (Å²) in [7, 11) is 1.66. The smallest absolute Gasteiger partial charge is 0.143 e. The Morgan fingerprint density at radius 3 is 3.04 bits per heavy atom. The molecule has 0 amide bonds. The minimum Gasteiger partial charge on any atom is -0.495 e. The average molecular weight is 321 g/mol. The van der Waals surface area contributed by atoms with Crippen molar-refractivity contribution in [2.75, 3.05) is 7.11 Å². The minimum absolute atomic E-state index is 0.610. The summed E-state index contributed by atoms with van der Waals surface area (Å²) >= 11 is 0. The second kappa shape index (κ2) is 7.32. The normalized spacial score (nSPS) is 10.9. The van der Waals surface area contributed by atoms with E-state index in [4.69, 9.17) is 4.74 Å². The zero-order chi connectivity index (χ0) is 16.8.